The zero-order valence-corrected chi connectivity index (χ0v) is 28.3. The van der Waals surface area contributed by atoms with Crippen LogP contribution in [-0.2, 0) is 18.7 Å². The molecule has 0 bridgehead atoms. The molecule has 7 nitrogen and oxygen atoms in total. The molecule has 2 aromatic carbocycles. The topological polar surface area (TPSA) is 113 Å². The second kappa shape index (κ2) is 21.2. The average Bonchev–Trinajstić information content (AvgIpc) is 2.97. The molecule has 0 aliphatic carbocycles. The Morgan fingerprint density at radius 3 is 1.77 bits per heavy atom. The van der Waals surface area contributed by atoms with Gasteiger partial charge in [-0.3, -0.25) is 0 Å². The molecule has 240 valence electrons. The summed E-state index contributed by atoms with van der Waals surface area (Å²) in [6, 6.07) is 10.5. The van der Waals surface area contributed by atoms with Crippen molar-refractivity contribution in [2.75, 3.05) is 5.32 Å². The minimum atomic E-state index is -5.28. The second-order valence-corrected chi connectivity index (χ2v) is 15.4. The zero-order chi connectivity index (χ0) is 31.3. The summed E-state index contributed by atoms with van der Waals surface area (Å²) < 4.78 is 28.2. The molecule has 43 heavy (non-hydrogen) atoms. The van der Waals surface area contributed by atoms with Crippen molar-refractivity contribution in [3.8, 4) is 5.75 Å². The van der Waals surface area contributed by atoms with E-state index < -0.39 is 26.0 Å². The van der Waals surface area contributed by atoms with Gasteiger partial charge in [-0.25, -0.2) is 0 Å². The summed E-state index contributed by atoms with van der Waals surface area (Å²) in [6.45, 7) is 3.53. The van der Waals surface area contributed by atoms with Gasteiger partial charge in [0.15, 0.2) is 0 Å². The number of anilines is 1. The number of aryl methyl sites for hydroxylation is 1. The SMILES string of the molecule is CCCCCCCCCCCCCCCCCCCCc1cccc(C(=O)O[As](=O)(O)c2ccc(O)c(NC(C)=O)c2)c1. The first-order valence-electron chi connectivity index (χ1n) is 16.5. The molecule has 0 spiro atoms. The Kier molecular flexibility index (Phi) is 18.1. The van der Waals surface area contributed by atoms with E-state index in [-0.39, 0.29) is 21.4 Å². The number of phenolic OH excluding ortho intramolecular Hbond substituents is 1. The van der Waals surface area contributed by atoms with Gasteiger partial charge in [0.05, 0.1) is 0 Å². The van der Waals surface area contributed by atoms with E-state index in [1.54, 1.807) is 18.2 Å². The van der Waals surface area contributed by atoms with Crippen LogP contribution in [0.5, 0.6) is 5.75 Å². The number of unbranched alkanes of at least 4 members (excludes halogenated alkanes) is 17. The van der Waals surface area contributed by atoms with Crippen molar-refractivity contribution in [1.82, 2.24) is 0 Å². The van der Waals surface area contributed by atoms with Crippen LogP contribution in [0, 0.1) is 0 Å². The quantitative estimate of drug-likeness (QED) is 0.0628. The second-order valence-electron chi connectivity index (χ2n) is 11.7. The van der Waals surface area contributed by atoms with E-state index in [1.165, 1.54) is 122 Å². The van der Waals surface area contributed by atoms with E-state index in [1.807, 2.05) is 6.07 Å². The molecule has 2 aromatic rings. The van der Waals surface area contributed by atoms with Crippen LogP contribution >= 0.6 is 0 Å². The number of hydrogen-bond acceptors (Lipinski definition) is 5. The van der Waals surface area contributed by atoms with Crippen molar-refractivity contribution in [2.45, 2.75) is 136 Å². The summed E-state index contributed by atoms with van der Waals surface area (Å²) >= 11 is -5.28. The number of aromatic hydroxyl groups is 1. The van der Waals surface area contributed by atoms with Gasteiger partial charge in [-0.15, -0.1) is 0 Å². The Morgan fingerprint density at radius 1 is 0.744 bits per heavy atom. The Bertz CT molecular complexity index is 1150. The Hall–Kier alpha value is -2.50. The van der Waals surface area contributed by atoms with Crippen LogP contribution in [0.15, 0.2) is 42.5 Å². The van der Waals surface area contributed by atoms with Crippen LogP contribution in [0.1, 0.15) is 145 Å². The maximum absolute atomic E-state index is 12.9. The standard InChI is InChI=1S/C35H54AsNO6/c1-3-4-5-6-7-8-9-10-11-12-13-14-15-16-17-18-19-20-22-30-23-21-24-31(27-30)35(40)43-36(41,42)32-25-26-34(39)33(28-32)37-29(2)38/h21,23-28,39H,3-20,22H2,1-2H3,(H,37,38)(H,41,42). The number of rotatable bonds is 23. The third-order valence-corrected chi connectivity index (χ3v) is 10.6. The molecule has 0 aliphatic rings. The molecule has 0 saturated heterocycles. The van der Waals surface area contributed by atoms with E-state index in [0.717, 1.165) is 30.9 Å². The van der Waals surface area contributed by atoms with Crippen LogP contribution in [-0.4, -0.2) is 35.3 Å². The summed E-state index contributed by atoms with van der Waals surface area (Å²) in [5.74, 6) is -1.58. The van der Waals surface area contributed by atoms with Gasteiger partial charge < -0.3 is 0 Å². The third-order valence-electron chi connectivity index (χ3n) is 7.81. The van der Waals surface area contributed by atoms with Gasteiger partial charge in [0.1, 0.15) is 0 Å². The monoisotopic (exact) mass is 659 g/mol. The molecule has 0 fully saturated rings. The molecule has 1 unspecified atom stereocenters. The van der Waals surface area contributed by atoms with Gasteiger partial charge in [-0.2, -0.15) is 0 Å². The van der Waals surface area contributed by atoms with Gasteiger partial charge in [0.2, 0.25) is 0 Å². The molecule has 1 amide bonds. The first-order valence-corrected chi connectivity index (χ1v) is 19.8. The molecule has 8 heteroatoms. The Labute approximate surface area is 262 Å². The van der Waals surface area contributed by atoms with E-state index >= 15 is 0 Å². The molecular weight excluding hydrogens is 605 g/mol. The molecule has 0 aliphatic heterocycles. The molecule has 0 saturated carbocycles. The van der Waals surface area contributed by atoms with Gasteiger partial charge in [-0.1, -0.05) is 84.0 Å². The van der Waals surface area contributed by atoms with Crippen molar-refractivity contribution >= 4 is 36.1 Å². The number of nitrogens with one attached hydrogen (secondary N) is 1. The minimum absolute atomic E-state index is 0.0249. The molecule has 1 atom stereocenters. The summed E-state index contributed by atoms with van der Waals surface area (Å²) in [5.41, 5.74) is 1.18. The van der Waals surface area contributed by atoms with Gasteiger partial charge in [0, 0.05) is 0 Å². The van der Waals surface area contributed by atoms with Gasteiger partial charge >= 0.3 is 179 Å². The number of carbonyl (C=O) groups is 2. The van der Waals surface area contributed by atoms with Crippen LogP contribution in [0.2, 0.25) is 0 Å². The first-order chi connectivity index (χ1) is 20.7. The van der Waals surface area contributed by atoms with E-state index in [9.17, 15) is 22.5 Å². The summed E-state index contributed by atoms with van der Waals surface area (Å²) in [7, 11) is 0. The molecular formula is C35H54AsNO6. The first kappa shape index (κ1) is 36.7. The fourth-order valence-corrected chi connectivity index (χ4v) is 7.37. The van der Waals surface area contributed by atoms with Gasteiger partial charge in [-0.05, 0) is 0 Å². The summed E-state index contributed by atoms with van der Waals surface area (Å²) in [5, 5.41) is 12.3. The summed E-state index contributed by atoms with van der Waals surface area (Å²) in [4.78, 5) is 24.0. The van der Waals surface area contributed by atoms with Crippen LogP contribution in [0.25, 0.3) is 0 Å². The number of carbonyl (C=O) groups excluding carboxylic acids is 2. The zero-order valence-electron chi connectivity index (χ0n) is 26.5. The van der Waals surface area contributed by atoms with Crippen molar-refractivity contribution < 1.29 is 26.3 Å². The molecule has 0 radical (unpaired) electrons. The molecule has 0 aromatic heterocycles. The van der Waals surface area contributed by atoms with E-state index in [0.29, 0.717) is 0 Å². The molecule has 3 N–H and O–H groups in total. The number of amides is 1. The van der Waals surface area contributed by atoms with Gasteiger partial charge in [0.25, 0.3) is 0 Å². The maximum atomic E-state index is 12.9. The Balaban J connectivity index is 1.58. The van der Waals surface area contributed by atoms with Crippen LogP contribution < -0.4 is 9.67 Å². The third kappa shape index (κ3) is 15.7. The predicted molar refractivity (Wildman–Crippen MR) is 175 cm³/mol. The van der Waals surface area contributed by atoms with E-state index in [4.69, 9.17) is 3.73 Å². The van der Waals surface area contributed by atoms with Crippen molar-refractivity contribution in [3.05, 3.63) is 53.6 Å². The molecule has 2 rings (SSSR count). The fraction of sp³-hybridized carbons (Fsp3) is 0.600. The normalized spacial score (nSPS) is 12.5. The van der Waals surface area contributed by atoms with Crippen LogP contribution in [0.4, 0.5) is 5.69 Å². The van der Waals surface area contributed by atoms with Crippen molar-refractivity contribution in [1.29, 1.82) is 0 Å². The van der Waals surface area contributed by atoms with E-state index in [2.05, 4.69) is 12.2 Å². The van der Waals surface area contributed by atoms with Crippen LogP contribution in [0.3, 0.4) is 0 Å². The number of benzene rings is 2. The summed E-state index contributed by atoms with van der Waals surface area (Å²) in [6.07, 6.45) is 24.8. The fourth-order valence-electron chi connectivity index (χ4n) is 5.29. The van der Waals surface area contributed by atoms with Crippen molar-refractivity contribution in [3.63, 3.8) is 0 Å². The number of phenols is 1. The predicted octanol–water partition coefficient (Wildman–Crippen LogP) is 8.36. The average molecular weight is 660 g/mol. The number of hydrogen-bond donors (Lipinski definition) is 3. The Morgan fingerprint density at radius 2 is 1.26 bits per heavy atom. The molecule has 0 heterocycles. The van der Waals surface area contributed by atoms with Crippen molar-refractivity contribution in [2.24, 2.45) is 0 Å².